The number of carbonyl (C=O) groups is 3. The predicted octanol–water partition coefficient (Wildman–Crippen LogP) is 1.81. The fraction of sp³-hybridized carbons (Fsp3) is 0.333. The van der Waals surface area contributed by atoms with Gasteiger partial charge < -0.3 is 9.47 Å². The number of hydrogen-bond acceptors (Lipinski definition) is 4. The summed E-state index contributed by atoms with van der Waals surface area (Å²) in [5.74, 6) is -0.330. The van der Waals surface area contributed by atoms with Crippen molar-refractivity contribution in [3.05, 3.63) is 41.6 Å². The Morgan fingerprint density at radius 3 is 2.52 bits per heavy atom. The zero-order valence-corrected chi connectivity index (χ0v) is 16.9. The Labute approximate surface area is 173 Å². The molecule has 2 saturated heterocycles. The molecule has 0 bridgehead atoms. The van der Waals surface area contributed by atoms with E-state index in [-0.39, 0.29) is 23.1 Å². The van der Waals surface area contributed by atoms with Crippen molar-refractivity contribution in [1.29, 1.82) is 0 Å². The molecule has 150 valence electrons. The van der Waals surface area contributed by atoms with Crippen LogP contribution in [0.15, 0.2) is 36.0 Å². The molecule has 0 aliphatic carbocycles. The number of amides is 3. The van der Waals surface area contributed by atoms with Crippen LogP contribution in [0.5, 0.6) is 0 Å². The lowest BCUT2D eigenvalue weighted by Gasteiger charge is -2.30. The van der Waals surface area contributed by atoms with Crippen molar-refractivity contribution >= 4 is 52.0 Å². The van der Waals surface area contributed by atoms with Crippen LogP contribution in [0.4, 0.5) is 0 Å². The molecule has 3 heterocycles. The second kappa shape index (κ2) is 7.79. The number of hydrogen-bond donors (Lipinski definition) is 2. The van der Waals surface area contributed by atoms with Gasteiger partial charge in [0, 0.05) is 35.8 Å². The van der Waals surface area contributed by atoms with Gasteiger partial charge in [0.05, 0.1) is 0 Å². The predicted molar refractivity (Wildman–Crippen MR) is 114 cm³/mol. The number of benzene rings is 1. The van der Waals surface area contributed by atoms with Gasteiger partial charge in [-0.05, 0) is 43.1 Å². The van der Waals surface area contributed by atoms with E-state index in [1.807, 2.05) is 39.9 Å². The summed E-state index contributed by atoms with van der Waals surface area (Å²) in [5, 5.41) is 5.75. The number of rotatable bonds is 3. The maximum Gasteiger partial charge on any atom is 0.263 e. The Bertz CT molecular complexity index is 1030. The van der Waals surface area contributed by atoms with Crippen LogP contribution in [0, 0.1) is 5.92 Å². The molecule has 0 radical (unpaired) electrons. The molecule has 0 unspecified atom stereocenters. The Morgan fingerprint density at radius 1 is 1.17 bits per heavy atom. The molecular weight excluding hydrogens is 388 g/mol. The third-order valence-electron chi connectivity index (χ3n) is 5.50. The summed E-state index contributed by atoms with van der Waals surface area (Å²) in [6, 6.07) is 7.63. The number of likely N-dealkylation sites (tertiary alicyclic amines) is 1. The van der Waals surface area contributed by atoms with E-state index < -0.39 is 11.8 Å². The van der Waals surface area contributed by atoms with Crippen LogP contribution in [0.25, 0.3) is 17.0 Å². The van der Waals surface area contributed by atoms with Gasteiger partial charge in [0.1, 0.15) is 12.1 Å². The number of nitrogens with zero attached hydrogens (tertiary/aromatic N) is 2. The van der Waals surface area contributed by atoms with Gasteiger partial charge in [-0.2, -0.15) is 0 Å². The zero-order chi connectivity index (χ0) is 20.5. The Hall–Kier alpha value is -3.00. The van der Waals surface area contributed by atoms with E-state index >= 15 is 0 Å². The number of para-hydroxylation sites is 1. The lowest BCUT2D eigenvalue weighted by molar-refractivity contribution is -0.133. The highest BCUT2D eigenvalue weighted by Crippen LogP contribution is 2.25. The molecule has 0 saturated carbocycles. The van der Waals surface area contributed by atoms with Crippen molar-refractivity contribution in [2.24, 2.45) is 5.92 Å². The highest BCUT2D eigenvalue weighted by molar-refractivity contribution is 7.80. The Balaban J connectivity index is 1.64. The van der Waals surface area contributed by atoms with E-state index in [9.17, 15) is 14.4 Å². The summed E-state index contributed by atoms with van der Waals surface area (Å²) in [6.07, 6.45) is 5.41. The van der Waals surface area contributed by atoms with E-state index in [0.29, 0.717) is 11.5 Å². The monoisotopic (exact) mass is 410 g/mol. The van der Waals surface area contributed by atoms with E-state index in [1.165, 1.54) is 0 Å². The van der Waals surface area contributed by atoms with E-state index in [0.717, 1.165) is 36.8 Å². The maximum atomic E-state index is 12.8. The molecule has 2 N–H and O–H groups in total. The first-order valence-corrected chi connectivity index (χ1v) is 10.1. The molecular formula is C21H22N4O3S. The molecule has 4 rings (SSSR count). The van der Waals surface area contributed by atoms with Crippen LogP contribution >= 0.6 is 12.2 Å². The lowest BCUT2D eigenvalue weighted by Crippen LogP contribution is -2.51. The topological polar surface area (TPSA) is 83.4 Å². The first-order chi connectivity index (χ1) is 13.9. The largest absolute Gasteiger partial charge is 0.341 e. The van der Waals surface area contributed by atoms with E-state index in [2.05, 4.69) is 17.6 Å². The zero-order valence-electron chi connectivity index (χ0n) is 16.1. The van der Waals surface area contributed by atoms with Gasteiger partial charge in [-0.1, -0.05) is 25.1 Å². The number of thiocarbonyl (C=S) groups is 1. The molecule has 2 aliphatic rings. The minimum Gasteiger partial charge on any atom is -0.341 e. The maximum absolute atomic E-state index is 12.8. The van der Waals surface area contributed by atoms with Crippen LogP contribution in [-0.4, -0.2) is 45.4 Å². The average Bonchev–Trinajstić information content (AvgIpc) is 3.02. The molecule has 0 spiro atoms. The van der Waals surface area contributed by atoms with Gasteiger partial charge in [-0.15, -0.1) is 0 Å². The quantitative estimate of drug-likeness (QED) is 0.459. The summed E-state index contributed by atoms with van der Waals surface area (Å²) in [6.45, 7) is 4.01. The third-order valence-corrected chi connectivity index (χ3v) is 5.71. The first kappa shape index (κ1) is 19.3. The van der Waals surface area contributed by atoms with Crippen LogP contribution in [-0.2, 0) is 20.9 Å². The molecule has 7 nitrogen and oxygen atoms in total. The van der Waals surface area contributed by atoms with E-state index in [1.54, 1.807) is 6.08 Å². The molecule has 2 aromatic rings. The molecule has 2 aliphatic heterocycles. The average molecular weight is 410 g/mol. The SMILES string of the molecule is CC1CCN(C(=O)Cn2cc(C=C3C(=O)NC(=S)NC3=O)c3ccccc32)CC1. The molecule has 1 aromatic heterocycles. The van der Waals surface area contributed by atoms with Crippen LogP contribution in [0.1, 0.15) is 25.3 Å². The standard InChI is InChI=1S/C21H22N4O3S/c1-13-6-8-24(9-7-13)18(26)12-25-11-14(15-4-2-3-5-17(15)25)10-16-19(27)22-21(29)23-20(16)28/h2-5,10-11,13H,6-9,12H2,1H3,(H2,22,23,27,28,29). The summed E-state index contributed by atoms with van der Waals surface area (Å²) < 4.78 is 1.88. The minimum absolute atomic E-state index is 0.000949. The van der Waals surface area contributed by atoms with Crippen molar-refractivity contribution in [2.75, 3.05) is 13.1 Å². The van der Waals surface area contributed by atoms with Crippen LogP contribution in [0.3, 0.4) is 0 Å². The molecule has 8 heteroatoms. The smallest absolute Gasteiger partial charge is 0.263 e. The van der Waals surface area contributed by atoms with Crippen molar-refractivity contribution in [3.63, 3.8) is 0 Å². The van der Waals surface area contributed by atoms with Crippen molar-refractivity contribution in [2.45, 2.75) is 26.3 Å². The fourth-order valence-electron chi connectivity index (χ4n) is 3.79. The van der Waals surface area contributed by atoms with Crippen molar-refractivity contribution < 1.29 is 14.4 Å². The number of carbonyl (C=O) groups excluding carboxylic acids is 3. The minimum atomic E-state index is -0.533. The third kappa shape index (κ3) is 3.93. The first-order valence-electron chi connectivity index (χ1n) is 9.66. The Kier molecular flexibility index (Phi) is 5.19. The molecule has 29 heavy (non-hydrogen) atoms. The molecule has 2 fully saturated rings. The van der Waals surface area contributed by atoms with Gasteiger partial charge in [0.2, 0.25) is 5.91 Å². The van der Waals surface area contributed by atoms with Crippen LogP contribution in [0.2, 0.25) is 0 Å². The fourth-order valence-corrected chi connectivity index (χ4v) is 3.97. The van der Waals surface area contributed by atoms with Gasteiger partial charge in [-0.25, -0.2) is 0 Å². The highest BCUT2D eigenvalue weighted by atomic mass is 32.1. The highest BCUT2D eigenvalue weighted by Gasteiger charge is 2.26. The van der Waals surface area contributed by atoms with E-state index in [4.69, 9.17) is 12.2 Å². The van der Waals surface area contributed by atoms with Crippen LogP contribution < -0.4 is 10.6 Å². The van der Waals surface area contributed by atoms with Crippen molar-refractivity contribution in [1.82, 2.24) is 20.1 Å². The summed E-state index contributed by atoms with van der Waals surface area (Å²) in [5.41, 5.74) is 1.57. The van der Waals surface area contributed by atoms with Crippen molar-refractivity contribution in [3.8, 4) is 0 Å². The second-order valence-corrected chi connectivity index (χ2v) is 8.00. The summed E-state index contributed by atoms with van der Waals surface area (Å²) >= 11 is 4.84. The summed E-state index contributed by atoms with van der Waals surface area (Å²) in [7, 11) is 0. The number of nitrogens with one attached hydrogen (secondary N) is 2. The lowest BCUT2D eigenvalue weighted by atomic mass is 9.99. The van der Waals surface area contributed by atoms with Gasteiger partial charge in [0.25, 0.3) is 11.8 Å². The van der Waals surface area contributed by atoms with Gasteiger partial charge in [0.15, 0.2) is 5.11 Å². The number of piperidine rings is 1. The van der Waals surface area contributed by atoms with Gasteiger partial charge in [-0.3, -0.25) is 25.0 Å². The Morgan fingerprint density at radius 2 is 1.83 bits per heavy atom. The normalized spacial score (nSPS) is 18.0. The summed E-state index contributed by atoms with van der Waals surface area (Å²) in [4.78, 5) is 39.1. The molecule has 1 aromatic carbocycles. The number of aromatic nitrogens is 1. The molecule has 3 amide bonds. The second-order valence-electron chi connectivity index (χ2n) is 7.59. The number of fused-ring (bicyclic) bond motifs is 1. The molecule has 0 atom stereocenters. The van der Waals surface area contributed by atoms with Gasteiger partial charge >= 0.3 is 0 Å².